The van der Waals surface area contributed by atoms with Crippen molar-refractivity contribution in [1.29, 1.82) is 0 Å². The number of carbonyl (C=O) groups excluding carboxylic acids is 5. The third kappa shape index (κ3) is 13.9. The van der Waals surface area contributed by atoms with Crippen molar-refractivity contribution in [2.24, 2.45) is 5.73 Å². The predicted octanol–water partition coefficient (Wildman–Crippen LogP) is 2.60. The Hall–Kier alpha value is -6.59. The minimum Gasteiger partial charge on any atom is -0.497 e. The number of Topliss-reactive ketones (excluding diaryl/α,β-unsaturated/α-hetero) is 2. The van der Waals surface area contributed by atoms with E-state index in [1.165, 1.54) is 51.2 Å². The number of urea groups is 2. The molecule has 65 heavy (non-hydrogen) atoms. The molecule has 0 spiro atoms. The number of pyridine rings is 2. The Kier molecular flexibility index (Phi) is 17.0. The third-order valence-electron chi connectivity index (χ3n) is 10.2. The quantitative estimate of drug-likeness (QED) is 0.173. The zero-order valence-electron chi connectivity index (χ0n) is 35.5. The molecule has 2 aliphatic rings. The molecule has 0 unspecified atom stereocenters. The van der Waals surface area contributed by atoms with Crippen molar-refractivity contribution in [3.05, 3.63) is 108 Å². The largest absolute Gasteiger partial charge is 0.497 e. The Morgan fingerprint density at radius 1 is 0.646 bits per heavy atom. The number of hydrogen-bond acceptors (Lipinski definition) is 14. The maximum atomic E-state index is 13.3. The number of aromatic nitrogens is 2. The van der Waals surface area contributed by atoms with E-state index in [2.05, 4.69) is 9.97 Å². The third-order valence-corrected chi connectivity index (χ3v) is 13.4. The number of methoxy groups -OCH3 is 2. The lowest BCUT2D eigenvalue weighted by atomic mass is 10.1. The van der Waals surface area contributed by atoms with Crippen LogP contribution in [0.1, 0.15) is 32.1 Å². The second kappa shape index (κ2) is 22.3. The summed E-state index contributed by atoms with van der Waals surface area (Å²) in [7, 11) is -3.22. The smallest absolute Gasteiger partial charge is 0.324 e. The van der Waals surface area contributed by atoms with E-state index in [4.69, 9.17) is 15.2 Å². The summed E-state index contributed by atoms with van der Waals surface area (Å²) in [5.41, 5.74) is 8.04. The SMILES string of the molecule is COc1ccc(N(Cc2ccc(C(=O)CN)cn2)C(=O)N2CCS(=O)(=O)CC2)cc1.COc1ccc(N(Cc2ccc(C(=O)CNC(=O)C(F)F)cn2)C(=O)N2CCS(=O)(=O)CC2)cc1. The number of sulfone groups is 2. The molecule has 2 fully saturated rings. The number of halogens is 2. The molecule has 6 rings (SSSR count). The number of carbonyl (C=O) groups is 5. The van der Waals surface area contributed by atoms with Crippen molar-refractivity contribution < 1.29 is 59.1 Å². The molecule has 2 aromatic carbocycles. The molecule has 0 radical (unpaired) electrons. The molecule has 3 N–H and O–H groups in total. The molecule has 23 heteroatoms. The lowest BCUT2D eigenvalue weighted by Gasteiger charge is -2.33. The molecule has 2 saturated heterocycles. The van der Waals surface area contributed by atoms with Gasteiger partial charge in [-0.3, -0.25) is 34.2 Å². The predicted molar refractivity (Wildman–Crippen MR) is 235 cm³/mol. The van der Waals surface area contributed by atoms with Gasteiger partial charge < -0.3 is 30.3 Å². The van der Waals surface area contributed by atoms with Gasteiger partial charge in [0.1, 0.15) is 11.5 Å². The summed E-state index contributed by atoms with van der Waals surface area (Å²) in [4.78, 5) is 75.7. The molecule has 348 valence electrons. The van der Waals surface area contributed by atoms with Crippen LogP contribution in [0.3, 0.4) is 0 Å². The highest BCUT2D eigenvalue weighted by Gasteiger charge is 2.31. The summed E-state index contributed by atoms with van der Waals surface area (Å²) in [6.45, 7) is -0.0984. The number of ketones is 2. The van der Waals surface area contributed by atoms with E-state index in [-0.39, 0.29) is 86.2 Å². The lowest BCUT2D eigenvalue weighted by molar-refractivity contribution is -0.131. The van der Waals surface area contributed by atoms with Gasteiger partial charge in [-0.15, -0.1) is 0 Å². The van der Waals surface area contributed by atoms with Crippen LogP contribution in [0.5, 0.6) is 11.5 Å². The van der Waals surface area contributed by atoms with Crippen molar-refractivity contribution in [3.63, 3.8) is 0 Å². The molecular weight excluding hydrogens is 895 g/mol. The normalized spacial score (nSPS) is 15.2. The molecule has 0 atom stereocenters. The van der Waals surface area contributed by atoms with Crippen LogP contribution in [0.2, 0.25) is 0 Å². The number of nitrogens with two attached hydrogens (primary N) is 1. The van der Waals surface area contributed by atoms with Gasteiger partial charge in [-0.25, -0.2) is 26.4 Å². The van der Waals surface area contributed by atoms with E-state index in [1.54, 1.807) is 67.8 Å². The monoisotopic (exact) mass is 942 g/mol. The Morgan fingerprint density at radius 3 is 1.35 bits per heavy atom. The van der Waals surface area contributed by atoms with Crippen LogP contribution >= 0.6 is 0 Å². The van der Waals surface area contributed by atoms with E-state index in [9.17, 15) is 49.6 Å². The number of rotatable bonds is 14. The fourth-order valence-corrected chi connectivity index (χ4v) is 8.77. The van der Waals surface area contributed by atoms with Gasteiger partial charge in [0.15, 0.2) is 31.2 Å². The molecule has 2 aromatic heterocycles. The Morgan fingerprint density at radius 2 is 1.03 bits per heavy atom. The molecule has 0 bridgehead atoms. The molecule has 19 nitrogen and oxygen atoms in total. The van der Waals surface area contributed by atoms with E-state index in [1.807, 2.05) is 5.32 Å². The van der Waals surface area contributed by atoms with Crippen LogP contribution in [0.25, 0.3) is 0 Å². The minimum atomic E-state index is -3.22. The number of ether oxygens (including phenoxy) is 2. The zero-order valence-corrected chi connectivity index (χ0v) is 37.1. The second-order valence-corrected chi connectivity index (χ2v) is 19.2. The van der Waals surface area contributed by atoms with Crippen LogP contribution < -0.4 is 30.3 Å². The van der Waals surface area contributed by atoms with Gasteiger partial charge in [-0.2, -0.15) is 8.78 Å². The van der Waals surface area contributed by atoms with Crippen molar-refractivity contribution in [1.82, 2.24) is 25.1 Å². The van der Waals surface area contributed by atoms with Crippen LogP contribution in [-0.4, -0.2) is 149 Å². The van der Waals surface area contributed by atoms with E-state index < -0.39 is 50.4 Å². The number of alkyl halides is 2. The Bertz CT molecular complexity index is 2510. The zero-order chi connectivity index (χ0) is 47.3. The van der Waals surface area contributed by atoms with Crippen LogP contribution in [-0.2, 0) is 37.6 Å². The minimum absolute atomic E-state index is 0.0189. The van der Waals surface area contributed by atoms with Crippen molar-refractivity contribution in [2.45, 2.75) is 19.5 Å². The summed E-state index contributed by atoms with van der Waals surface area (Å²) in [5.74, 6) is -1.46. The number of nitrogens with one attached hydrogen (secondary N) is 1. The van der Waals surface area contributed by atoms with Crippen LogP contribution in [0.4, 0.5) is 29.7 Å². The van der Waals surface area contributed by atoms with E-state index >= 15 is 0 Å². The van der Waals surface area contributed by atoms with Gasteiger partial charge in [-0.05, 0) is 72.8 Å². The van der Waals surface area contributed by atoms with Gasteiger partial charge >= 0.3 is 18.5 Å². The molecule has 5 amide bonds. The van der Waals surface area contributed by atoms with Gasteiger partial charge in [0, 0.05) is 61.1 Å². The highest BCUT2D eigenvalue weighted by molar-refractivity contribution is 7.91. The van der Waals surface area contributed by atoms with E-state index in [0.717, 1.165) is 0 Å². The summed E-state index contributed by atoms with van der Waals surface area (Å²) in [5, 5.41) is 1.84. The molecular formula is C42H48F2N8O11S2. The van der Waals surface area contributed by atoms with Crippen molar-refractivity contribution in [2.75, 3.05) is 86.3 Å². The number of nitrogens with zero attached hydrogens (tertiary/aromatic N) is 6. The first-order chi connectivity index (χ1) is 30.9. The topological polar surface area (TPSA) is 249 Å². The summed E-state index contributed by atoms with van der Waals surface area (Å²) < 4.78 is 81.8. The maximum absolute atomic E-state index is 13.3. The maximum Gasteiger partial charge on any atom is 0.324 e. The van der Waals surface area contributed by atoms with Crippen LogP contribution in [0, 0.1) is 0 Å². The molecule has 2 aliphatic heterocycles. The summed E-state index contributed by atoms with van der Waals surface area (Å²) >= 11 is 0. The molecule has 4 aromatic rings. The fraction of sp³-hybridized carbons (Fsp3) is 0.357. The van der Waals surface area contributed by atoms with Gasteiger partial charge in [0.2, 0.25) is 0 Å². The van der Waals surface area contributed by atoms with Crippen molar-refractivity contribution >= 4 is 60.6 Å². The summed E-state index contributed by atoms with van der Waals surface area (Å²) in [6.07, 6.45) is -0.546. The Labute approximate surface area is 374 Å². The fourth-order valence-electron chi connectivity index (χ4n) is 6.37. The number of hydrogen-bond donors (Lipinski definition) is 2. The van der Waals surface area contributed by atoms with Gasteiger partial charge in [0.25, 0.3) is 5.91 Å². The van der Waals surface area contributed by atoms with Gasteiger partial charge in [0.05, 0.1) is 74.8 Å². The van der Waals surface area contributed by atoms with E-state index in [0.29, 0.717) is 39.8 Å². The highest BCUT2D eigenvalue weighted by atomic mass is 32.2. The number of anilines is 2. The Balaban J connectivity index is 0.000000247. The first-order valence-corrected chi connectivity index (χ1v) is 23.6. The standard InChI is InChI=1S/C22H24F2N4O6S.C20H24N4O5S/c1-34-18-6-4-17(5-7-18)28(22(31)27-8-10-35(32,33)11-9-27)14-16-3-2-15(12-25-16)19(29)13-26-21(30)20(23)24;1-29-18-6-4-17(5-7-18)24(20(26)23-8-10-30(27,28)11-9-23)14-16-3-2-15(13-22-16)19(25)12-21/h2-7,12,20H,8-11,13-14H2,1H3,(H,26,30);2-7,13H,8-12,14,21H2,1H3. The molecule has 0 aliphatic carbocycles. The molecule has 4 heterocycles. The lowest BCUT2D eigenvalue weighted by Crippen LogP contribution is -2.49. The molecule has 0 saturated carbocycles. The number of benzene rings is 2. The average Bonchev–Trinajstić information content (AvgIpc) is 3.31. The first kappa shape index (κ1) is 49.4. The average molecular weight is 943 g/mol. The van der Waals surface area contributed by atoms with Crippen molar-refractivity contribution in [3.8, 4) is 11.5 Å². The van der Waals surface area contributed by atoms with Crippen LogP contribution in [0.15, 0.2) is 85.2 Å². The van der Waals surface area contributed by atoms with Gasteiger partial charge in [-0.1, -0.05) is 0 Å². The number of amides is 5. The first-order valence-electron chi connectivity index (χ1n) is 20.0. The highest BCUT2D eigenvalue weighted by Crippen LogP contribution is 2.25. The summed E-state index contributed by atoms with van der Waals surface area (Å²) in [6, 6.07) is 19.2. The second-order valence-electron chi connectivity index (χ2n) is 14.6.